The van der Waals surface area contributed by atoms with Gasteiger partial charge in [0.25, 0.3) is 0 Å². The Balaban J connectivity index is 2.03. The molecule has 98 valence electrons. The molecule has 18 heavy (non-hydrogen) atoms. The fourth-order valence-corrected chi connectivity index (χ4v) is 2.49. The number of hydrogen-bond acceptors (Lipinski definition) is 1. The van der Waals surface area contributed by atoms with E-state index in [1.807, 2.05) is 0 Å². The van der Waals surface area contributed by atoms with Crippen LogP contribution in [0.4, 0.5) is 0 Å². The van der Waals surface area contributed by atoms with E-state index in [4.69, 9.17) is 0 Å². The van der Waals surface area contributed by atoms with Crippen LogP contribution in [0.5, 0.6) is 0 Å². The monoisotopic (exact) mass is 244 g/mol. The maximum atomic E-state index is 3.55. The molecular formula is C16H24N2. The first-order chi connectivity index (χ1) is 8.72. The van der Waals surface area contributed by atoms with Crippen molar-refractivity contribution in [1.82, 2.24) is 9.88 Å². The number of nitrogens with zero attached hydrogens (tertiary/aromatic N) is 1. The van der Waals surface area contributed by atoms with Crippen LogP contribution in [-0.2, 0) is 13.5 Å². The van der Waals surface area contributed by atoms with Crippen molar-refractivity contribution in [2.75, 3.05) is 6.54 Å². The number of nitrogens with one attached hydrogen (secondary N) is 1. The van der Waals surface area contributed by atoms with Gasteiger partial charge in [-0.3, -0.25) is 0 Å². The van der Waals surface area contributed by atoms with Crippen molar-refractivity contribution in [2.24, 2.45) is 7.05 Å². The largest absolute Gasteiger partial charge is 0.350 e. The zero-order chi connectivity index (χ0) is 13.0. The van der Waals surface area contributed by atoms with Gasteiger partial charge in [0, 0.05) is 30.2 Å². The molecule has 0 spiro atoms. The highest BCUT2D eigenvalue weighted by atomic mass is 14.9. The lowest BCUT2D eigenvalue weighted by atomic mass is 10.1. The van der Waals surface area contributed by atoms with Crippen LogP contribution in [0.15, 0.2) is 30.5 Å². The highest BCUT2D eigenvalue weighted by molar-refractivity contribution is 5.83. The fourth-order valence-electron chi connectivity index (χ4n) is 2.49. The molecule has 1 heterocycles. The number of aromatic nitrogens is 1. The lowest BCUT2D eigenvalue weighted by Crippen LogP contribution is -2.27. The highest BCUT2D eigenvalue weighted by Crippen LogP contribution is 2.21. The molecule has 2 aromatic rings. The lowest BCUT2D eigenvalue weighted by Gasteiger charge is -2.12. The first-order valence-corrected chi connectivity index (χ1v) is 6.98. The fraction of sp³-hybridized carbons (Fsp3) is 0.500. The summed E-state index contributed by atoms with van der Waals surface area (Å²) >= 11 is 0. The standard InChI is InChI=1S/C16H24N2/c1-4-11-17-13(2)9-10-14-12-18(3)16-8-6-5-7-15(14)16/h5-8,12-13,17H,4,9-11H2,1-3H3. The van der Waals surface area contributed by atoms with Crippen molar-refractivity contribution in [3.8, 4) is 0 Å². The average Bonchev–Trinajstić information content (AvgIpc) is 2.71. The van der Waals surface area contributed by atoms with E-state index in [0.717, 1.165) is 13.0 Å². The van der Waals surface area contributed by atoms with Crippen molar-refractivity contribution in [1.29, 1.82) is 0 Å². The van der Waals surface area contributed by atoms with Gasteiger partial charge in [0.2, 0.25) is 0 Å². The molecule has 2 heteroatoms. The Morgan fingerprint density at radius 2 is 2.06 bits per heavy atom. The number of para-hydroxylation sites is 1. The summed E-state index contributed by atoms with van der Waals surface area (Å²) in [5.74, 6) is 0. The van der Waals surface area contributed by atoms with Crippen LogP contribution in [0.3, 0.4) is 0 Å². The van der Waals surface area contributed by atoms with Gasteiger partial charge in [-0.15, -0.1) is 0 Å². The zero-order valence-electron chi connectivity index (χ0n) is 11.7. The minimum absolute atomic E-state index is 0.601. The van der Waals surface area contributed by atoms with E-state index in [-0.39, 0.29) is 0 Å². The molecule has 1 unspecified atom stereocenters. The molecule has 0 aliphatic heterocycles. The molecule has 0 aliphatic rings. The summed E-state index contributed by atoms with van der Waals surface area (Å²) in [6.07, 6.45) is 5.84. The Bertz CT molecular complexity index is 499. The second-order valence-electron chi connectivity index (χ2n) is 5.18. The van der Waals surface area contributed by atoms with E-state index in [9.17, 15) is 0 Å². The molecule has 1 aromatic heterocycles. The molecule has 1 N–H and O–H groups in total. The molecule has 0 aliphatic carbocycles. The normalized spacial score (nSPS) is 13.1. The molecule has 0 amide bonds. The maximum Gasteiger partial charge on any atom is 0.0480 e. The van der Waals surface area contributed by atoms with Crippen molar-refractivity contribution >= 4 is 10.9 Å². The molecule has 0 radical (unpaired) electrons. The molecule has 2 nitrogen and oxygen atoms in total. The van der Waals surface area contributed by atoms with Crippen molar-refractivity contribution in [2.45, 2.75) is 39.2 Å². The summed E-state index contributed by atoms with van der Waals surface area (Å²) in [5, 5.41) is 4.96. The lowest BCUT2D eigenvalue weighted by molar-refractivity contribution is 0.514. The third-order valence-corrected chi connectivity index (χ3v) is 3.57. The number of benzene rings is 1. The van der Waals surface area contributed by atoms with Crippen LogP contribution < -0.4 is 5.32 Å². The summed E-state index contributed by atoms with van der Waals surface area (Å²) in [5.41, 5.74) is 2.81. The quantitative estimate of drug-likeness (QED) is 0.823. The van der Waals surface area contributed by atoms with Crippen molar-refractivity contribution < 1.29 is 0 Å². The van der Waals surface area contributed by atoms with Gasteiger partial charge in [-0.25, -0.2) is 0 Å². The summed E-state index contributed by atoms with van der Waals surface area (Å²) < 4.78 is 2.23. The van der Waals surface area contributed by atoms with E-state index < -0.39 is 0 Å². The topological polar surface area (TPSA) is 17.0 Å². The zero-order valence-corrected chi connectivity index (χ0v) is 11.7. The average molecular weight is 244 g/mol. The van der Waals surface area contributed by atoms with Crippen LogP contribution >= 0.6 is 0 Å². The first-order valence-electron chi connectivity index (χ1n) is 6.98. The molecule has 0 saturated heterocycles. The Hall–Kier alpha value is -1.28. The molecule has 1 aromatic carbocycles. The van der Waals surface area contributed by atoms with Gasteiger partial charge in [0.05, 0.1) is 0 Å². The summed E-state index contributed by atoms with van der Waals surface area (Å²) in [7, 11) is 2.13. The first kappa shape index (κ1) is 13.2. The Morgan fingerprint density at radius 3 is 2.83 bits per heavy atom. The molecule has 0 fully saturated rings. The molecule has 2 rings (SSSR count). The highest BCUT2D eigenvalue weighted by Gasteiger charge is 2.07. The van der Waals surface area contributed by atoms with Gasteiger partial charge in [0.15, 0.2) is 0 Å². The Labute approximate surface area is 110 Å². The van der Waals surface area contributed by atoms with E-state index in [0.29, 0.717) is 6.04 Å². The molecule has 1 atom stereocenters. The van der Waals surface area contributed by atoms with E-state index in [2.05, 4.69) is 61.2 Å². The van der Waals surface area contributed by atoms with Gasteiger partial charge < -0.3 is 9.88 Å². The van der Waals surface area contributed by atoms with E-state index in [1.54, 1.807) is 0 Å². The minimum Gasteiger partial charge on any atom is -0.350 e. The van der Waals surface area contributed by atoms with Crippen LogP contribution in [0.1, 0.15) is 32.3 Å². The predicted octanol–water partition coefficient (Wildman–Crippen LogP) is 3.50. The number of rotatable bonds is 6. The SMILES string of the molecule is CCCNC(C)CCc1cn(C)c2ccccc12. The smallest absolute Gasteiger partial charge is 0.0480 e. The van der Waals surface area contributed by atoms with Gasteiger partial charge in [0.1, 0.15) is 0 Å². The Morgan fingerprint density at radius 1 is 1.28 bits per heavy atom. The maximum absolute atomic E-state index is 3.55. The van der Waals surface area contributed by atoms with Crippen LogP contribution in [0.25, 0.3) is 10.9 Å². The van der Waals surface area contributed by atoms with Crippen LogP contribution in [-0.4, -0.2) is 17.2 Å². The van der Waals surface area contributed by atoms with Gasteiger partial charge in [-0.05, 0) is 44.4 Å². The van der Waals surface area contributed by atoms with Gasteiger partial charge in [-0.2, -0.15) is 0 Å². The van der Waals surface area contributed by atoms with Crippen molar-refractivity contribution in [3.05, 3.63) is 36.0 Å². The molecule has 0 bridgehead atoms. The third-order valence-electron chi connectivity index (χ3n) is 3.57. The third kappa shape index (κ3) is 2.94. The molecule has 0 saturated carbocycles. The van der Waals surface area contributed by atoms with E-state index in [1.165, 1.54) is 29.3 Å². The Kier molecular flexibility index (Phi) is 4.43. The minimum atomic E-state index is 0.601. The summed E-state index contributed by atoms with van der Waals surface area (Å²) in [6, 6.07) is 9.26. The molecular weight excluding hydrogens is 220 g/mol. The van der Waals surface area contributed by atoms with Crippen molar-refractivity contribution in [3.63, 3.8) is 0 Å². The van der Waals surface area contributed by atoms with Crippen LogP contribution in [0.2, 0.25) is 0 Å². The van der Waals surface area contributed by atoms with Crippen LogP contribution in [0, 0.1) is 0 Å². The number of fused-ring (bicyclic) bond motifs is 1. The van der Waals surface area contributed by atoms with Gasteiger partial charge >= 0.3 is 0 Å². The predicted molar refractivity (Wildman–Crippen MR) is 79.0 cm³/mol. The van der Waals surface area contributed by atoms with E-state index >= 15 is 0 Å². The second-order valence-corrected chi connectivity index (χ2v) is 5.18. The van der Waals surface area contributed by atoms with Gasteiger partial charge in [-0.1, -0.05) is 25.1 Å². The second kappa shape index (κ2) is 6.05. The summed E-state index contributed by atoms with van der Waals surface area (Å²) in [6.45, 7) is 5.61. The number of hydrogen-bond donors (Lipinski definition) is 1. The number of aryl methyl sites for hydroxylation is 2. The summed E-state index contributed by atoms with van der Waals surface area (Å²) in [4.78, 5) is 0.